The summed E-state index contributed by atoms with van der Waals surface area (Å²) in [5.41, 5.74) is 4.82. The van der Waals surface area contributed by atoms with Crippen molar-refractivity contribution in [2.24, 2.45) is 4.99 Å². The number of fused-ring (bicyclic) bond motifs is 1. The lowest BCUT2D eigenvalue weighted by molar-refractivity contribution is 0.491. The molecule has 1 atom stereocenters. The summed E-state index contributed by atoms with van der Waals surface area (Å²) in [5.74, 6) is 0.690. The lowest BCUT2D eigenvalue weighted by atomic mass is 9.95. The molecule has 3 N–H and O–H groups in total. The summed E-state index contributed by atoms with van der Waals surface area (Å²) in [6.45, 7) is 5.89. The minimum Gasteiger partial charge on any atom is -0.364 e. The first kappa shape index (κ1) is 25.6. The van der Waals surface area contributed by atoms with Crippen molar-refractivity contribution >= 4 is 21.5 Å². The van der Waals surface area contributed by atoms with E-state index < -0.39 is 21.7 Å². The van der Waals surface area contributed by atoms with Crippen LogP contribution in [0.2, 0.25) is 0 Å². The standard InChI is InChI=1S/C29H30N6O2S/c1-29(2,3)35-38(36,37)23-16-21(17-30-19-23)27-33-25-14-9-13-24(20-10-5-4-6-11-20)26(25)28(34-27)32-18-22-12-7-8-15-31-22/h4-17,19,27,33,35H,18H2,1-3H3,(H,32,34). The summed E-state index contributed by atoms with van der Waals surface area (Å²) in [6.07, 6.45) is 4.21. The van der Waals surface area contributed by atoms with E-state index >= 15 is 0 Å². The Morgan fingerprint density at radius 2 is 1.74 bits per heavy atom. The number of nitrogens with one attached hydrogen (secondary N) is 3. The molecule has 2 aromatic carbocycles. The first-order chi connectivity index (χ1) is 18.2. The number of hydrogen-bond donors (Lipinski definition) is 3. The van der Waals surface area contributed by atoms with Crippen molar-refractivity contribution in [1.29, 1.82) is 0 Å². The number of aromatic nitrogens is 2. The minimum atomic E-state index is -3.75. The van der Waals surface area contributed by atoms with Crippen LogP contribution in [-0.4, -0.2) is 29.8 Å². The normalized spacial score (nSPS) is 15.2. The highest BCUT2D eigenvalue weighted by Gasteiger charge is 2.27. The first-order valence-corrected chi connectivity index (χ1v) is 13.8. The van der Waals surface area contributed by atoms with Gasteiger partial charge < -0.3 is 10.6 Å². The Hall–Kier alpha value is -4.08. The molecule has 1 unspecified atom stereocenters. The van der Waals surface area contributed by atoms with E-state index in [0.717, 1.165) is 28.1 Å². The molecular formula is C29H30N6O2S. The second kappa shape index (κ2) is 10.4. The molecule has 9 heteroatoms. The maximum Gasteiger partial charge on any atom is 0.242 e. The van der Waals surface area contributed by atoms with Crippen LogP contribution < -0.4 is 15.4 Å². The highest BCUT2D eigenvalue weighted by molar-refractivity contribution is 7.89. The maximum absolute atomic E-state index is 13.0. The second-order valence-electron chi connectivity index (χ2n) is 10.1. The van der Waals surface area contributed by atoms with E-state index in [9.17, 15) is 8.42 Å². The molecule has 3 heterocycles. The molecule has 0 fully saturated rings. The molecule has 2 aromatic heterocycles. The van der Waals surface area contributed by atoms with E-state index in [1.54, 1.807) is 39.2 Å². The lowest BCUT2D eigenvalue weighted by Crippen LogP contribution is -2.40. The van der Waals surface area contributed by atoms with Crippen molar-refractivity contribution in [3.63, 3.8) is 0 Å². The summed E-state index contributed by atoms with van der Waals surface area (Å²) >= 11 is 0. The Bertz CT molecular complexity index is 1570. The van der Waals surface area contributed by atoms with Crippen molar-refractivity contribution in [2.75, 3.05) is 5.32 Å². The quantitative estimate of drug-likeness (QED) is 0.330. The maximum atomic E-state index is 13.0. The molecule has 4 aromatic rings. The van der Waals surface area contributed by atoms with Crippen LogP contribution in [0.1, 0.15) is 43.8 Å². The van der Waals surface area contributed by atoms with E-state index in [2.05, 4.69) is 43.5 Å². The van der Waals surface area contributed by atoms with E-state index in [0.29, 0.717) is 17.9 Å². The molecule has 0 saturated carbocycles. The van der Waals surface area contributed by atoms with Crippen molar-refractivity contribution < 1.29 is 8.42 Å². The summed E-state index contributed by atoms with van der Waals surface area (Å²) in [6, 6.07) is 23.6. The average Bonchev–Trinajstić information content (AvgIpc) is 2.91. The Kier molecular flexibility index (Phi) is 6.96. The topological polar surface area (TPSA) is 108 Å². The van der Waals surface area contributed by atoms with Gasteiger partial charge in [-0.3, -0.25) is 9.97 Å². The van der Waals surface area contributed by atoms with Gasteiger partial charge >= 0.3 is 0 Å². The number of amidine groups is 1. The molecule has 0 spiro atoms. The molecule has 0 saturated heterocycles. The van der Waals surface area contributed by atoms with Crippen molar-refractivity contribution in [3.05, 3.63) is 108 Å². The molecule has 0 amide bonds. The van der Waals surface area contributed by atoms with Gasteiger partial charge in [-0.2, -0.15) is 0 Å². The fourth-order valence-electron chi connectivity index (χ4n) is 4.32. The zero-order chi connectivity index (χ0) is 26.8. The number of nitrogens with zero attached hydrogens (tertiary/aromatic N) is 3. The zero-order valence-corrected chi connectivity index (χ0v) is 22.3. The van der Waals surface area contributed by atoms with Crippen molar-refractivity contribution in [1.82, 2.24) is 20.0 Å². The van der Waals surface area contributed by atoms with Crippen LogP contribution in [-0.2, 0) is 16.6 Å². The van der Waals surface area contributed by atoms with Crippen LogP contribution in [0, 0.1) is 0 Å². The third kappa shape index (κ3) is 5.74. The molecule has 5 rings (SSSR count). The predicted molar refractivity (Wildman–Crippen MR) is 150 cm³/mol. The third-order valence-corrected chi connectivity index (χ3v) is 7.63. The molecule has 0 aliphatic carbocycles. The van der Waals surface area contributed by atoms with Crippen molar-refractivity contribution in [3.8, 4) is 11.1 Å². The Morgan fingerprint density at radius 3 is 2.47 bits per heavy atom. The summed E-state index contributed by atoms with van der Waals surface area (Å²) in [4.78, 5) is 13.8. The van der Waals surface area contributed by atoms with Gasteiger partial charge in [-0.15, -0.1) is 0 Å². The third-order valence-electron chi connectivity index (χ3n) is 5.90. The fraction of sp³-hybridized carbons (Fsp3) is 0.207. The summed E-state index contributed by atoms with van der Waals surface area (Å²) < 4.78 is 28.6. The fourth-order valence-corrected chi connectivity index (χ4v) is 5.74. The van der Waals surface area contributed by atoms with E-state index in [-0.39, 0.29) is 4.90 Å². The molecule has 194 valence electrons. The molecule has 38 heavy (non-hydrogen) atoms. The van der Waals surface area contributed by atoms with Gasteiger partial charge in [0.2, 0.25) is 10.0 Å². The van der Waals surface area contributed by atoms with Gasteiger partial charge in [0.1, 0.15) is 16.9 Å². The smallest absolute Gasteiger partial charge is 0.242 e. The van der Waals surface area contributed by atoms with Gasteiger partial charge in [0, 0.05) is 40.9 Å². The monoisotopic (exact) mass is 526 g/mol. The predicted octanol–water partition coefficient (Wildman–Crippen LogP) is 4.88. The molecule has 1 aliphatic rings. The number of hydrogen-bond acceptors (Lipinski definition) is 7. The lowest BCUT2D eigenvalue weighted by Gasteiger charge is -2.28. The van der Waals surface area contributed by atoms with Crippen LogP contribution in [0.15, 0.2) is 101 Å². The number of benzene rings is 2. The van der Waals surface area contributed by atoms with Crippen LogP contribution in [0.3, 0.4) is 0 Å². The van der Waals surface area contributed by atoms with Gasteiger partial charge in [-0.1, -0.05) is 48.5 Å². The first-order valence-electron chi connectivity index (χ1n) is 12.4. The number of rotatable bonds is 6. The molecule has 1 aliphatic heterocycles. The van der Waals surface area contributed by atoms with Crippen LogP contribution >= 0.6 is 0 Å². The summed E-state index contributed by atoms with van der Waals surface area (Å²) in [7, 11) is -3.75. The minimum absolute atomic E-state index is 0.0914. The van der Waals surface area contributed by atoms with Gasteiger partial charge in [0.25, 0.3) is 0 Å². The van der Waals surface area contributed by atoms with Gasteiger partial charge in [0.15, 0.2) is 0 Å². The Labute approximate surface area is 223 Å². The highest BCUT2D eigenvalue weighted by Crippen LogP contribution is 2.36. The van der Waals surface area contributed by atoms with E-state index in [4.69, 9.17) is 4.99 Å². The molecular weight excluding hydrogens is 496 g/mol. The van der Waals surface area contributed by atoms with Crippen LogP contribution in [0.5, 0.6) is 0 Å². The SMILES string of the molecule is CC(C)(C)NS(=O)(=O)c1cncc(C2N=C(NCc3ccccn3)c3c(cccc3-c3ccccc3)N2)c1. The van der Waals surface area contributed by atoms with Crippen molar-refractivity contribution in [2.45, 2.75) is 43.9 Å². The van der Waals surface area contributed by atoms with Crippen LogP contribution in [0.25, 0.3) is 11.1 Å². The largest absolute Gasteiger partial charge is 0.364 e. The van der Waals surface area contributed by atoms with E-state index in [1.807, 2.05) is 48.5 Å². The van der Waals surface area contributed by atoms with Gasteiger partial charge in [-0.25, -0.2) is 18.1 Å². The Morgan fingerprint density at radius 1 is 0.947 bits per heavy atom. The van der Waals surface area contributed by atoms with Gasteiger partial charge in [-0.05, 0) is 56.2 Å². The average molecular weight is 527 g/mol. The molecule has 8 nitrogen and oxygen atoms in total. The zero-order valence-electron chi connectivity index (χ0n) is 21.5. The molecule has 0 bridgehead atoms. The van der Waals surface area contributed by atoms with E-state index in [1.165, 1.54) is 6.20 Å². The van der Waals surface area contributed by atoms with Gasteiger partial charge in [0.05, 0.1) is 12.2 Å². The highest BCUT2D eigenvalue weighted by atomic mass is 32.2. The second-order valence-corrected chi connectivity index (χ2v) is 11.8. The Balaban J connectivity index is 1.56. The number of sulfonamides is 1. The number of anilines is 1. The molecule has 0 radical (unpaired) electrons. The number of pyridine rings is 2. The summed E-state index contributed by atoms with van der Waals surface area (Å²) in [5, 5.41) is 6.96. The number of aliphatic imine (C=N–C) groups is 1. The van der Waals surface area contributed by atoms with Crippen LogP contribution in [0.4, 0.5) is 5.69 Å².